The summed E-state index contributed by atoms with van der Waals surface area (Å²) in [4.78, 5) is 32.2. The zero-order valence-electron chi connectivity index (χ0n) is 23.0. The summed E-state index contributed by atoms with van der Waals surface area (Å²) >= 11 is 4.77. The first kappa shape index (κ1) is 27.9. The number of carbonyl (C=O) groups excluding carboxylic acids is 1. The van der Waals surface area contributed by atoms with E-state index >= 15 is 0 Å². The molecule has 0 fully saturated rings. The van der Waals surface area contributed by atoms with Gasteiger partial charge in [0.05, 0.1) is 28.5 Å². The van der Waals surface area contributed by atoms with Gasteiger partial charge >= 0.3 is 5.97 Å². The highest BCUT2D eigenvalue weighted by atomic mass is 79.9. The minimum absolute atomic E-state index is 0.219. The summed E-state index contributed by atoms with van der Waals surface area (Å²) in [5.74, 6) is 0.231. The molecule has 8 heteroatoms. The molecule has 42 heavy (non-hydrogen) atoms. The summed E-state index contributed by atoms with van der Waals surface area (Å²) in [6.45, 7) is 4.20. The molecule has 2 heterocycles. The van der Waals surface area contributed by atoms with Gasteiger partial charge in [-0.1, -0.05) is 94.0 Å². The molecule has 5 aromatic rings. The van der Waals surface area contributed by atoms with Crippen LogP contribution in [0.4, 0.5) is 0 Å². The lowest BCUT2D eigenvalue weighted by Crippen LogP contribution is -2.39. The van der Waals surface area contributed by atoms with Crippen molar-refractivity contribution >= 4 is 50.1 Å². The predicted molar refractivity (Wildman–Crippen MR) is 169 cm³/mol. The van der Waals surface area contributed by atoms with E-state index < -0.39 is 12.0 Å². The average molecular weight is 640 g/mol. The highest BCUT2D eigenvalue weighted by Gasteiger charge is 2.33. The van der Waals surface area contributed by atoms with Gasteiger partial charge in [0.15, 0.2) is 4.80 Å². The molecule has 6 nitrogen and oxygen atoms in total. The molecular weight excluding hydrogens is 612 g/mol. The van der Waals surface area contributed by atoms with Crippen LogP contribution >= 0.6 is 27.3 Å². The Labute approximate surface area is 255 Å². The van der Waals surface area contributed by atoms with Crippen LogP contribution in [0.5, 0.6) is 5.75 Å². The Bertz CT molecular complexity index is 2020. The first-order chi connectivity index (χ1) is 20.4. The van der Waals surface area contributed by atoms with E-state index in [4.69, 9.17) is 9.47 Å². The number of hydrogen-bond donors (Lipinski definition) is 0. The quantitative estimate of drug-likeness (QED) is 0.196. The Morgan fingerprint density at radius 3 is 2.60 bits per heavy atom. The zero-order chi connectivity index (χ0) is 29.2. The fourth-order valence-corrected chi connectivity index (χ4v) is 6.49. The molecule has 0 saturated heterocycles. The van der Waals surface area contributed by atoms with Crippen molar-refractivity contribution in [2.24, 2.45) is 4.99 Å². The Balaban J connectivity index is 1.36. The molecule has 6 rings (SSSR count). The van der Waals surface area contributed by atoms with Crippen molar-refractivity contribution in [2.45, 2.75) is 26.5 Å². The van der Waals surface area contributed by atoms with Crippen molar-refractivity contribution in [3.63, 3.8) is 0 Å². The van der Waals surface area contributed by atoms with Crippen LogP contribution in [0, 0.1) is 0 Å². The molecule has 1 aliphatic rings. The summed E-state index contributed by atoms with van der Waals surface area (Å²) in [6.07, 6.45) is 1.84. The van der Waals surface area contributed by atoms with E-state index in [1.165, 1.54) is 16.7 Å². The number of fused-ring (bicyclic) bond motifs is 2. The lowest BCUT2D eigenvalue weighted by atomic mass is 9.96. The first-order valence-electron chi connectivity index (χ1n) is 13.6. The van der Waals surface area contributed by atoms with Crippen molar-refractivity contribution in [3.8, 4) is 5.75 Å². The Morgan fingerprint density at radius 2 is 1.79 bits per heavy atom. The van der Waals surface area contributed by atoms with Crippen molar-refractivity contribution in [1.82, 2.24) is 4.57 Å². The van der Waals surface area contributed by atoms with Crippen molar-refractivity contribution < 1.29 is 14.3 Å². The number of benzene rings is 4. The molecule has 0 N–H and O–H groups in total. The summed E-state index contributed by atoms with van der Waals surface area (Å²) in [5.41, 5.74) is 3.42. The van der Waals surface area contributed by atoms with Crippen LogP contribution < -0.4 is 19.6 Å². The molecule has 1 aliphatic heterocycles. The maximum absolute atomic E-state index is 13.9. The molecule has 0 amide bonds. The van der Waals surface area contributed by atoms with E-state index in [9.17, 15) is 9.59 Å². The van der Waals surface area contributed by atoms with E-state index in [1.54, 1.807) is 18.4 Å². The molecule has 0 saturated carbocycles. The molecule has 0 unspecified atom stereocenters. The summed E-state index contributed by atoms with van der Waals surface area (Å²) in [7, 11) is 0. The fraction of sp³-hybridized carbons (Fsp3) is 0.147. The third kappa shape index (κ3) is 5.47. The molecule has 1 atom stereocenters. The fourth-order valence-electron chi connectivity index (χ4n) is 5.18. The van der Waals surface area contributed by atoms with Crippen molar-refractivity contribution in [1.29, 1.82) is 0 Å². The lowest BCUT2D eigenvalue weighted by molar-refractivity contribution is -0.139. The SMILES string of the molecule is CCOC(=O)C1=C(C)N=c2s/c(=C\c3cccc(OCc4cccc5ccccc45)c3)c(=O)n2[C@@H]1c1ccc(Br)cc1. The van der Waals surface area contributed by atoms with E-state index in [0.717, 1.165) is 26.5 Å². The highest BCUT2D eigenvalue weighted by molar-refractivity contribution is 9.10. The molecule has 0 aliphatic carbocycles. The second-order valence-electron chi connectivity index (χ2n) is 9.85. The smallest absolute Gasteiger partial charge is 0.338 e. The largest absolute Gasteiger partial charge is 0.489 e. The highest BCUT2D eigenvalue weighted by Crippen LogP contribution is 2.31. The predicted octanol–water partition coefficient (Wildman–Crippen LogP) is 6.29. The van der Waals surface area contributed by atoms with Gasteiger partial charge in [0.2, 0.25) is 0 Å². The molecule has 210 valence electrons. The number of thiazole rings is 1. The Hall–Kier alpha value is -4.27. The number of halogens is 1. The summed E-state index contributed by atoms with van der Waals surface area (Å²) < 4.78 is 14.6. The lowest BCUT2D eigenvalue weighted by Gasteiger charge is -2.24. The van der Waals surface area contributed by atoms with E-state index in [2.05, 4.69) is 45.2 Å². The van der Waals surface area contributed by atoms with E-state index in [1.807, 2.05) is 72.8 Å². The molecular formula is C34H27BrN2O4S. The maximum atomic E-state index is 13.9. The van der Waals surface area contributed by atoms with E-state index in [-0.39, 0.29) is 12.2 Å². The van der Waals surface area contributed by atoms with Gasteiger partial charge in [0.25, 0.3) is 5.56 Å². The van der Waals surface area contributed by atoms with Gasteiger partial charge in [-0.2, -0.15) is 0 Å². The number of allylic oxidation sites excluding steroid dienone is 1. The van der Waals surface area contributed by atoms with Gasteiger partial charge in [-0.05, 0) is 71.7 Å². The maximum Gasteiger partial charge on any atom is 0.338 e. The molecule has 0 radical (unpaired) electrons. The molecule has 0 spiro atoms. The number of nitrogens with zero attached hydrogens (tertiary/aromatic N) is 2. The third-order valence-electron chi connectivity index (χ3n) is 7.13. The van der Waals surface area contributed by atoms with Crippen LogP contribution in [0.15, 0.2) is 117 Å². The van der Waals surface area contributed by atoms with Crippen molar-refractivity contribution in [3.05, 3.63) is 143 Å². The van der Waals surface area contributed by atoms with Crippen LogP contribution in [0.3, 0.4) is 0 Å². The normalized spacial score (nSPS) is 14.9. The molecule has 1 aromatic heterocycles. The summed E-state index contributed by atoms with van der Waals surface area (Å²) in [5, 5.41) is 2.33. The number of hydrogen-bond acceptors (Lipinski definition) is 6. The Morgan fingerprint density at radius 1 is 1.02 bits per heavy atom. The van der Waals surface area contributed by atoms with Crippen LogP contribution in [0.2, 0.25) is 0 Å². The van der Waals surface area contributed by atoms with Gasteiger partial charge in [-0.25, -0.2) is 9.79 Å². The van der Waals surface area contributed by atoms with Gasteiger partial charge in [-0.15, -0.1) is 0 Å². The minimum atomic E-state index is -0.647. The number of rotatable bonds is 7. The van der Waals surface area contributed by atoms with Crippen LogP contribution in [0.25, 0.3) is 16.8 Å². The Kier molecular flexibility index (Phi) is 7.91. The van der Waals surface area contributed by atoms with Crippen LogP contribution in [-0.4, -0.2) is 17.1 Å². The number of esters is 1. The molecule has 0 bridgehead atoms. The number of aromatic nitrogens is 1. The topological polar surface area (TPSA) is 69.9 Å². The van der Waals surface area contributed by atoms with Crippen molar-refractivity contribution in [2.75, 3.05) is 6.61 Å². The zero-order valence-corrected chi connectivity index (χ0v) is 25.4. The monoisotopic (exact) mass is 638 g/mol. The minimum Gasteiger partial charge on any atom is -0.489 e. The third-order valence-corrected chi connectivity index (χ3v) is 8.64. The first-order valence-corrected chi connectivity index (χ1v) is 15.2. The second-order valence-corrected chi connectivity index (χ2v) is 11.8. The van der Waals surface area contributed by atoms with Gasteiger partial charge in [0.1, 0.15) is 12.4 Å². The van der Waals surface area contributed by atoms with Gasteiger partial charge in [0, 0.05) is 4.47 Å². The van der Waals surface area contributed by atoms with E-state index in [0.29, 0.717) is 33.0 Å². The number of ether oxygens (including phenoxy) is 2. The number of carbonyl (C=O) groups is 1. The van der Waals surface area contributed by atoms with Crippen LogP contribution in [-0.2, 0) is 16.1 Å². The standard InChI is InChI=1S/C34H27BrN2O4S/c1-3-40-33(39)30-21(2)36-34-37(31(30)24-14-16-26(35)17-15-24)32(38)29(42-34)19-22-8-6-12-27(18-22)41-20-25-11-7-10-23-9-4-5-13-28(23)25/h4-19,31H,3,20H2,1-2H3/b29-19-/t31-/m1/s1. The van der Waals surface area contributed by atoms with Gasteiger partial charge < -0.3 is 9.47 Å². The van der Waals surface area contributed by atoms with Gasteiger partial charge in [-0.3, -0.25) is 9.36 Å². The summed E-state index contributed by atoms with van der Waals surface area (Å²) in [6, 6.07) is 29.1. The average Bonchev–Trinajstić information content (AvgIpc) is 3.29. The van der Waals surface area contributed by atoms with Crippen LogP contribution in [0.1, 0.15) is 36.6 Å². The molecule has 4 aromatic carbocycles. The second kappa shape index (κ2) is 11.9.